The first-order valence-electron chi connectivity index (χ1n) is 6.31. The number of rotatable bonds is 4. The van der Waals surface area contributed by atoms with E-state index in [1.54, 1.807) is 0 Å². The van der Waals surface area contributed by atoms with E-state index in [0.717, 1.165) is 0 Å². The maximum absolute atomic E-state index is 12.0. The van der Waals surface area contributed by atoms with Gasteiger partial charge in [0.2, 0.25) is 0 Å². The molecule has 2 amide bonds. The second kappa shape index (κ2) is 7.51. The molecule has 1 aromatic heterocycles. The van der Waals surface area contributed by atoms with Gasteiger partial charge in [-0.15, -0.1) is 0 Å². The van der Waals surface area contributed by atoms with Gasteiger partial charge in [0, 0.05) is 17.8 Å². The van der Waals surface area contributed by atoms with Crippen molar-refractivity contribution in [1.29, 1.82) is 0 Å². The van der Waals surface area contributed by atoms with Crippen LogP contribution in [0.15, 0.2) is 24.3 Å². The van der Waals surface area contributed by atoms with E-state index >= 15 is 0 Å². The molecule has 1 aromatic carbocycles. The number of carboxylic acid groups (broad SMARTS) is 1. The van der Waals surface area contributed by atoms with Crippen LogP contribution < -0.4 is 10.6 Å². The first-order valence-corrected chi connectivity index (χ1v) is 7.44. The number of urea groups is 1. The second-order valence-corrected chi connectivity index (χ2v) is 5.56. The summed E-state index contributed by atoms with van der Waals surface area (Å²) in [5.74, 6) is -1.46. The minimum absolute atomic E-state index is 0.149. The van der Waals surface area contributed by atoms with E-state index in [-0.39, 0.29) is 27.2 Å². The predicted octanol–water partition coefficient (Wildman–Crippen LogP) is 4.29. The number of benzene rings is 1. The molecule has 0 aliphatic carbocycles. The largest absolute Gasteiger partial charge is 0.476 e. The summed E-state index contributed by atoms with van der Waals surface area (Å²) in [5, 5.41) is 23.2. The summed E-state index contributed by atoms with van der Waals surface area (Å²) in [7, 11) is 0. The van der Waals surface area contributed by atoms with E-state index in [9.17, 15) is 19.7 Å². The zero-order valence-corrected chi connectivity index (χ0v) is 14.2. The molecule has 12 heteroatoms. The van der Waals surface area contributed by atoms with Crippen molar-refractivity contribution in [2.45, 2.75) is 0 Å². The Balaban J connectivity index is 2.23. The van der Waals surface area contributed by atoms with Crippen LogP contribution in [-0.4, -0.2) is 27.0 Å². The van der Waals surface area contributed by atoms with Gasteiger partial charge in [-0.25, -0.2) is 14.6 Å². The van der Waals surface area contributed by atoms with Gasteiger partial charge in [-0.3, -0.25) is 10.1 Å². The molecule has 1 heterocycles. The molecule has 3 N–H and O–H groups in total. The van der Waals surface area contributed by atoms with E-state index in [1.165, 1.54) is 24.3 Å². The number of nitrogens with one attached hydrogen (secondary N) is 2. The molecule has 0 saturated carbocycles. The van der Waals surface area contributed by atoms with Crippen LogP contribution in [0.4, 0.5) is 21.9 Å². The number of carboxylic acids is 1. The van der Waals surface area contributed by atoms with Crippen molar-refractivity contribution in [1.82, 2.24) is 4.98 Å². The predicted molar refractivity (Wildman–Crippen MR) is 92.0 cm³/mol. The van der Waals surface area contributed by atoms with Crippen LogP contribution in [-0.2, 0) is 0 Å². The number of pyridine rings is 1. The minimum Gasteiger partial charge on any atom is -0.476 e. The third-order valence-electron chi connectivity index (χ3n) is 2.82. The van der Waals surface area contributed by atoms with E-state index in [0.29, 0.717) is 0 Å². The van der Waals surface area contributed by atoms with Crippen LogP contribution in [0.3, 0.4) is 0 Å². The Morgan fingerprint density at radius 3 is 2.20 bits per heavy atom. The van der Waals surface area contributed by atoms with Crippen molar-refractivity contribution in [2.75, 3.05) is 10.6 Å². The number of hydrogen-bond acceptors (Lipinski definition) is 5. The average molecular weight is 406 g/mol. The Bertz CT molecular complexity index is 873. The number of carbonyl (C=O) groups is 2. The van der Waals surface area contributed by atoms with Crippen molar-refractivity contribution < 1.29 is 19.6 Å². The van der Waals surface area contributed by atoms with Crippen molar-refractivity contribution in [2.24, 2.45) is 0 Å². The third kappa shape index (κ3) is 4.27. The van der Waals surface area contributed by atoms with Crippen LogP contribution >= 0.6 is 34.8 Å². The summed E-state index contributed by atoms with van der Waals surface area (Å²) in [6.07, 6.45) is 0. The summed E-state index contributed by atoms with van der Waals surface area (Å²) >= 11 is 17.5. The topological polar surface area (TPSA) is 134 Å². The molecule has 0 aliphatic rings. The maximum atomic E-state index is 12.0. The smallest absolute Gasteiger partial charge is 0.356 e. The molecule has 0 unspecified atom stereocenters. The van der Waals surface area contributed by atoms with Gasteiger partial charge in [-0.05, 0) is 12.1 Å². The van der Waals surface area contributed by atoms with Crippen molar-refractivity contribution in [3.63, 3.8) is 0 Å². The molecule has 0 aliphatic heterocycles. The van der Waals surface area contributed by atoms with E-state index in [4.69, 9.17) is 39.9 Å². The van der Waals surface area contributed by atoms with Gasteiger partial charge in [0.15, 0.2) is 10.8 Å². The summed E-state index contributed by atoms with van der Waals surface area (Å²) in [4.78, 5) is 36.6. The molecule has 0 atom stereocenters. The Labute approximate surface area is 154 Å². The molecule has 0 spiro atoms. The van der Waals surface area contributed by atoms with Crippen molar-refractivity contribution >= 4 is 63.9 Å². The number of nitrogens with zero attached hydrogens (tertiary/aromatic N) is 2. The Kier molecular flexibility index (Phi) is 5.62. The standard InChI is InChI=1S/C13H7Cl3N4O5/c14-7-9(8(15)11(16)18-10(7)12(21)22)19-13(23)17-5-1-3-6(4-2-5)20(24)25/h1-4H,(H,21,22)(H2,17,18,19,23). The maximum Gasteiger partial charge on any atom is 0.356 e. The molecular formula is C13H7Cl3N4O5. The van der Waals surface area contributed by atoms with Gasteiger partial charge >= 0.3 is 12.0 Å². The van der Waals surface area contributed by atoms with Crippen LogP contribution in [0, 0.1) is 10.1 Å². The zero-order valence-electron chi connectivity index (χ0n) is 11.9. The molecule has 2 aromatic rings. The second-order valence-electron chi connectivity index (χ2n) is 4.44. The first kappa shape index (κ1) is 18.7. The lowest BCUT2D eigenvalue weighted by Gasteiger charge is -2.12. The fourth-order valence-electron chi connectivity index (χ4n) is 1.71. The Morgan fingerprint density at radius 1 is 1.08 bits per heavy atom. The number of carbonyl (C=O) groups excluding carboxylic acids is 1. The van der Waals surface area contributed by atoms with Gasteiger partial charge < -0.3 is 15.7 Å². The van der Waals surface area contributed by atoms with Crippen molar-refractivity contribution in [3.05, 3.63) is 55.3 Å². The highest BCUT2D eigenvalue weighted by Gasteiger charge is 2.22. The lowest BCUT2D eigenvalue weighted by Crippen LogP contribution is -2.20. The third-order valence-corrected chi connectivity index (χ3v) is 3.92. The fraction of sp³-hybridized carbons (Fsp3) is 0. The number of anilines is 2. The van der Waals surface area contributed by atoms with Crippen LogP contribution in [0.1, 0.15) is 10.5 Å². The zero-order chi connectivity index (χ0) is 18.7. The highest BCUT2D eigenvalue weighted by atomic mass is 35.5. The van der Waals surface area contributed by atoms with Gasteiger partial charge in [0.25, 0.3) is 5.69 Å². The number of amides is 2. The number of nitro groups is 1. The molecule has 0 fully saturated rings. The first-order chi connectivity index (χ1) is 11.7. The van der Waals surface area contributed by atoms with Gasteiger partial charge in [-0.1, -0.05) is 34.8 Å². The highest BCUT2D eigenvalue weighted by molar-refractivity contribution is 6.46. The van der Waals surface area contributed by atoms with Gasteiger partial charge in [0.05, 0.1) is 15.6 Å². The SMILES string of the molecule is O=C(Nc1ccc([N+](=O)[O-])cc1)Nc1c(Cl)c(Cl)nc(C(=O)O)c1Cl. The van der Waals surface area contributed by atoms with Crippen molar-refractivity contribution in [3.8, 4) is 0 Å². The van der Waals surface area contributed by atoms with Crippen LogP contribution in [0.2, 0.25) is 15.2 Å². The normalized spacial score (nSPS) is 10.2. The number of hydrogen-bond donors (Lipinski definition) is 3. The molecule has 2 rings (SSSR count). The lowest BCUT2D eigenvalue weighted by molar-refractivity contribution is -0.384. The van der Waals surface area contributed by atoms with E-state index in [2.05, 4.69) is 15.6 Å². The number of aromatic nitrogens is 1. The Morgan fingerprint density at radius 2 is 1.68 bits per heavy atom. The molecule has 9 nitrogen and oxygen atoms in total. The highest BCUT2D eigenvalue weighted by Crippen LogP contribution is 2.36. The average Bonchev–Trinajstić information content (AvgIpc) is 2.55. The number of halogens is 3. The monoisotopic (exact) mass is 404 g/mol. The quantitative estimate of drug-likeness (QED) is 0.394. The summed E-state index contributed by atoms with van der Waals surface area (Å²) in [6.45, 7) is 0. The van der Waals surface area contributed by atoms with Gasteiger partial charge in [0.1, 0.15) is 5.02 Å². The van der Waals surface area contributed by atoms with Crippen LogP contribution in [0.5, 0.6) is 0 Å². The molecule has 0 radical (unpaired) electrons. The van der Waals surface area contributed by atoms with E-state index < -0.39 is 27.6 Å². The lowest BCUT2D eigenvalue weighted by atomic mass is 10.3. The number of aromatic carboxylic acids is 1. The summed E-state index contributed by atoms with van der Waals surface area (Å²) in [6, 6.07) is 4.19. The summed E-state index contributed by atoms with van der Waals surface area (Å²) in [5.41, 5.74) is -0.722. The molecular weight excluding hydrogens is 399 g/mol. The van der Waals surface area contributed by atoms with E-state index in [1.807, 2.05) is 0 Å². The molecule has 0 saturated heterocycles. The summed E-state index contributed by atoms with van der Waals surface area (Å²) < 4.78 is 0. The molecule has 130 valence electrons. The van der Waals surface area contributed by atoms with Crippen LogP contribution in [0.25, 0.3) is 0 Å². The number of non-ortho nitro benzene ring substituents is 1. The minimum atomic E-state index is -1.46. The Hall–Kier alpha value is -2.62. The fourth-order valence-corrected chi connectivity index (χ4v) is 2.38. The number of nitro benzene ring substituents is 1. The molecule has 25 heavy (non-hydrogen) atoms. The molecule has 0 bridgehead atoms. The van der Waals surface area contributed by atoms with Gasteiger partial charge in [-0.2, -0.15) is 0 Å².